The second kappa shape index (κ2) is 6.29. The van der Waals surface area contributed by atoms with Crippen LogP contribution in [0.1, 0.15) is 36.8 Å². The Balaban J connectivity index is 1.99. The summed E-state index contributed by atoms with van der Waals surface area (Å²) in [6, 6.07) is 9.50. The monoisotopic (exact) mass is 258 g/mol. The highest BCUT2D eigenvalue weighted by Gasteiger charge is 2.03. The van der Waals surface area contributed by atoms with E-state index >= 15 is 0 Å². The number of rotatable bonds is 5. The Morgan fingerprint density at radius 2 is 2.00 bits per heavy atom. The maximum atomic E-state index is 8.91. The first kappa shape index (κ1) is 13.5. The van der Waals surface area contributed by atoms with E-state index in [9.17, 15) is 0 Å². The third kappa shape index (κ3) is 3.76. The lowest BCUT2D eigenvalue weighted by Crippen LogP contribution is -2.02. The number of nitrogens with zero attached hydrogens (tertiary/aromatic N) is 2. The quantitative estimate of drug-likeness (QED) is 0.895. The molecule has 0 saturated heterocycles. The standard InChI is InChI=1S/C15H18N2O2/c1-11(2)15-5-3-4-13(17-15)10-19-14-7-6-12(9-18)16-8-14/h3-8,11,18H,9-10H2,1-2H3. The van der Waals surface area contributed by atoms with E-state index in [1.807, 2.05) is 18.2 Å². The van der Waals surface area contributed by atoms with Gasteiger partial charge in [-0.3, -0.25) is 9.97 Å². The highest BCUT2D eigenvalue weighted by molar-refractivity contribution is 5.20. The molecule has 2 heterocycles. The predicted octanol–water partition coefficient (Wildman–Crippen LogP) is 2.67. The topological polar surface area (TPSA) is 55.2 Å². The minimum Gasteiger partial charge on any atom is -0.486 e. The summed E-state index contributed by atoms with van der Waals surface area (Å²) in [5.41, 5.74) is 2.60. The van der Waals surface area contributed by atoms with Gasteiger partial charge in [0, 0.05) is 5.69 Å². The fourth-order valence-electron chi connectivity index (χ4n) is 1.65. The molecule has 0 atom stereocenters. The fraction of sp³-hybridized carbons (Fsp3) is 0.333. The van der Waals surface area contributed by atoms with Crippen molar-refractivity contribution in [3.63, 3.8) is 0 Å². The van der Waals surface area contributed by atoms with Crippen LogP contribution in [0.5, 0.6) is 5.75 Å². The Hall–Kier alpha value is -1.94. The lowest BCUT2D eigenvalue weighted by Gasteiger charge is -2.09. The molecule has 4 nitrogen and oxygen atoms in total. The first-order valence-electron chi connectivity index (χ1n) is 6.33. The number of aliphatic hydroxyl groups excluding tert-OH is 1. The summed E-state index contributed by atoms with van der Waals surface area (Å²) >= 11 is 0. The molecule has 0 saturated carbocycles. The molecule has 2 aromatic rings. The number of aromatic nitrogens is 2. The molecule has 0 amide bonds. The van der Waals surface area contributed by atoms with Gasteiger partial charge in [-0.1, -0.05) is 19.9 Å². The molecule has 0 aliphatic heterocycles. The van der Waals surface area contributed by atoms with E-state index in [-0.39, 0.29) is 6.61 Å². The smallest absolute Gasteiger partial charge is 0.138 e. The van der Waals surface area contributed by atoms with Gasteiger partial charge in [-0.15, -0.1) is 0 Å². The van der Waals surface area contributed by atoms with Crippen LogP contribution in [0.25, 0.3) is 0 Å². The van der Waals surface area contributed by atoms with Gasteiger partial charge in [-0.2, -0.15) is 0 Å². The molecule has 0 aliphatic carbocycles. The van der Waals surface area contributed by atoms with E-state index in [2.05, 4.69) is 23.8 Å². The largest absolute Gasteiger partial charge is 0.486 e. The first-order valence-corrected chi connectivity index (χ1v) is 6.33. The molecule has 2 aromatic heterocycles. The van der Waals surface area contributed by atoms with Gasteiger partial charge < -0.3 is 9.84 Å². The van der Waals surface area contributed by atoms with Crippen LogP contribution in [0.4, 0.5) is 0 Å². The highest BCUT2D eigenvalue weighted by Crippen LogP contribution is 2.14. The van der Waals surface area contributed by atoms with Crippen molar-refractivity contribution in [1.29, 1.82) is 0 Å². The zero-order chi connectivity index (χ0) is 13.7. The van der Waals surface area contributed by atoms with Gasteiger partial charge >= 0.3 is 0 Å². The summed E-state index contributed by atoms with van der Waals surface area (Å²) in [6.45, 7) is 4.59. The lowest BCUT2D eigenvalue weighted by molar-refractivity contribution is 0.274. The van der Waals surface area contributed by atoms with Crippen molar-refractivity contribution in [3.05, 3.63) is 53.6 Å². The van der Waals surface area contributed by atoms with Crippen LogP contribution in [-0.2, 0) is 13.2 Å². The molecule has 1 N–H and O–H groups in total. The number of hydrogen-bond donors (Lipinski definition) is 1. The maximum Gasteiger partial charge on any atom is 0.138 e. The molecule has 19 heavy (non-hydrogen) atoms. The summed E-state index contributed by atoms with van der Waals surface area (Å²) < 4.78 is 5.62. The summed E-state index contributed by atoms with van der Waals surface area (Å²) in [4.78, 5) is 8.60. The van der Waals surface area contributed by atoms with Crippen molar-refractivity contribution in [2.75, 3.05) is 0 Å². The van der Waals surface area contributed by atoms with Crippen LogP contribution in [-0.4, -0.2) is 15.1 Å². The Labute approximate surface area is 113 Å². The van der Waals surface area contributed by atoms with Crippen LogP contribution in [0, 0.1) is 0 Å². The van der Waals surface area contributed by atoms with Crippen molar-refractivity contribution in [1.82, 2.24) is 9.97 Å². The summed E-state index contributed by atoms with van der Waals surface area (Å²) in [5, 5.41) is 8.91. The van der Waals surface area contributed by atoms with E-state index in [1.54, 1.807) is 18.3 Å². The van der Waals surface area contributed by atoms with E-state index in [4.69, 9.17) is 9.84 Å². The molecule has 0 bridgehead atoms. The molecule has 0 aliphatic rings. The number of aliphatic hydroxyl groups is 1. The van der Waals surface area contributed by atoms with Crippen LogP contribution in [0.15, 0.2) is 36.5 Å². The Morgan fingerprint density at radius 3 is 2.63 bits per heavy atom. The van der Waals surface area contributed by atoms with Crippen molar-refractivity contribution in [2.24, 2.45) is 0 Å². The molecule has 0 radical (unpaired) electrons. The van der Waals surface area contributed by atoms with E-state index in [0.29, 0.717) is 24.0 Å². The SMILES string of the molecule is CC(C)c1cccc(COc2ccc(CO)nc2)n1. The molecular formula is C15H18N2O2. The molecule has 100 valence electrons. The van der Waals surface area contributed by atoms with E-state index in [0.717, 1.165) is 11.4 Å². The number of pyridine rings is 2. The second-order valence-corrected chi connectivity index (χ2v) is 4.64. The van der Waals surface area contributed by atoms with Crippen molar-refractivity contribution in [2.45, 2.75) is 33.0 Å². The minimum absolute atomic E-state index is 0.0573. The van der Waals surface area contributed by atoms with Gasteiger partial charge in [0.1, 0.15) is 12.4 Å². The molecule has 0 unspecified atom stereocenters. The Bertz CT molecular complexity index is 524. The van der Waals surface area contributed by atoms with Crippen LogP contribution in [0.3, 0.4) is 0 Å². The highest BCUT2D eigenvalue weighted by atomic mass is 16.5. The van der Waals surface area contributed by atoms with Gasteiger partial charge in [0.15, 0.2) is 0 Å². The van der Waals surface area contributed by atoms with Gasteiger partial charge in [0.05, 0.1) is 24.2 Å². The number of ether oxygens (including phenoxy) is 1. The molecule has 2 rings (SSSR count). The van der Waals surface area contributed by atoms with Crippen LogP contribution < -0.4 is 4.74 Å². The summed E-state index contributed by atoms with van der Waals surface area (Å²) in [7, 11) is 0. The Morgan fingerprint density at radius 1 is 1.16 bits per heavy atom. The van der Waals surface area contributed by atoms with Crippen LogP contribution >= 0.6 is 0 Å². The molecule has 0 spiro atoms. The summed E-state index contributed by atoms with van der Waals surface area (Å²) in [5.74, 6) is 1.08. The third-order valence-corrected chi connectivity index (χ3v) is 2.77. The summed E-state index contributed by atoms with van der Waals surface area (Å²) in [6.07, 6.45) is 1.61. The number of hydrogen-bond acceptors (Lipinski definition) is 4. The minimum atomic E-state index is -0.0573. The molecular weight excluding hydrogens is 240 g/mol. The Kier molecular flexibility index (Phi) is 4.47. The van der Waals surface area contributed by atoms with E-state index < -0.39 is 0 Å². The zero-order valence-corrected chi connectivity index (χ0v) is 11.2. The van der Waals surface area contributed by atoms with Crippen LogP contribution in [0.2, 0.25) is 0 Å². The third-order valence-electron chi connectivity index (χ3n) is 2.77. The van der Waals surface area contributed by atoms with Crippen molar-refractivity contribution in [3.8, 4) is 5.75 Å². The van der Waals surface area contributed by atoms with Gasteiger partial charge in [0.2, 0.25) is 0 Å². The fourth-order valence-corrected chi connectivity index (χ4v) is 1.65. The molecule has 4 heteroatoms. The zero-order valence-electron chi connectivity index (χ0n) is 11.2. The average molecular weight is 258 g/mol. The maximum absolute atomic E-state index is 8.91. The van der Waals surface area contributed by atoms with Crippen molar-refractivity contribution < 1.29 is 9.84 Å². The predicted molar refractivity (Wildman–Crippen MR) is 72.8 cm³/mol. The van der Waals surface area contributed by atoms with Gasteiger partial charge in [-0.05, 0) is 30.2 Å². The van der Waals surface area contributed by atoms with E-state index in [1.165, 1.54) is 0 Å². The van der Waals surface area contributed by atoms with Gasteiger partial charge in [0.25, 0.3) is 0 Å². The van der Waals surface area contributed by atoms with Crippen molar-refractivity contribution >= 4 is 0 Å². The van der Waals surface area contributed by atoms with Gasteiger partial charge in [-0.25, -0.2) is 0 Å². The molecule has 0 aromatic carbocycles. The normalized spacial score (nSPS) is 10.7. The lowest BCUT2D eigenvalue weighted by atomic mass is 10.1. The average Bonchev–Trinajstić information content (AvgIpc) is 2.46. The molecule has 0 fully saturated rings. The first-order chi connectivity index (χ1) is 9.19. The second-order valence-electron chi connectivity index (χ2n) is 4.64.